The van der Waals surface area contributed by atoms with Crippen LogP contribution in [-0.2, 0) is 10.8 Å². The Labute approximate surface area is 133 Å². The summed E-state index contributed by atoms with van der Waals surface area (Å²) < 4.78 is 0. The van der Waals surface area contributed by atoms with Gasteiger partial charge >= 0.3 is 0 Å². The van der Waals surface area contributed by atoms with Crippen molar-refractivity contribution in [2.75, 3.05) is 0 Å². The number of rotatable bonds is 1. The molecule has 0 heterocycles. The zero-order chi connectivity index (χ0) is 16.7. The van der Waals surface area contributed by atoms with Gasteiger partial charge in [0, 0.05) is 0 Å². The van der Waals surface area contributed by atoms with Crippen LogP contribution in [-0.4, -0.2) is 10.2 Å². The predicted molar refractivity (Wildman–Crippen MR) is 92.6 cm³/mol. The number of benzene rings is 2. The average molecular weight is 298 g/mol. The van der Waals surface area contributed by atoms with Crippen molar-refractivity contribution in [1.29, 1.82) is 0 Å². The molecule has 22 heavy (non-hydrogen) atoms. The standard InChI is InChI=1S/C20H26O2/c1-19(2,3)17-11-13(21)7-9-15(17)16-10-8-14(22)12-18(16)20(4,5)6/h7-12,21-22H,1-6H3. The van der Waals surface area contributed by atoms with Crippen LogP contribution in [0.2, 0.25) is 0 Å². The minimum atomic E-state index is -0.0822. The molecule has 0 saturated heterocycles. The summed E-state index contributed by atoms with van der Waals surface area (Å²) >= 11 is 0. The van der Waals surface area contributed by atoms with Crippen molar-refractivity contribution >= 4 is 0 Å². The average Bonchev–Trinajstić information content (AvgIpc) is 2.37. The number of phenolic OH excluding ortho intramolecular Hbond substituents is 2. The van der Waals surface area contributed by atoms with Crippen LogP contribution < -0.4 is 0 Å². The van der Waals surface area contributed by atoms with Gasteiger partial charge in [-0.2, -0.15) is 0 Å². The van der Waals surface area contributed by atoms with Crippen molar-refractivity contribution in [3.63, 3.8) is 0 Å². The molecule has 2 aromatic rings. The second kappa shape index (κ2) is 5.35. The van der Waals surface area contributed by atoms with Crippen molar-refractivity contribution in [2.24, 2.45) is 0 Å². The first-order valence-corrected chi connectivity index (χ1v) is 7.67. The van der Waals surface area contributed by atoms with Crippen LogP contribution in [0.25, 0.3) is 11.1 Å². The molecule has 0 unspecified atom stereocenters. The van der Waals surface area contributed by atoms with E-state index in [0.717, 1.165) is 22.3 Å². The fourth-order valence-electron chi connectivity index (χ4n) is 2.78. The molecule has 0 bridgehead atoms. The highest BCUT2D eigenvalue weighted by Gasteiger charge is 2.24. The van der Waals surface area contributed by atoms with Crippen molar-refractivity contribution in [3.8, 4) is 22.6 Å². The van der Waals surface area contributed by atoms with Crippen LogP contribution in [0.5, 0.6) is 11.5 Å². The number of hydrogen-bond acceptors (Lipinski definition) is 2. The Hall–Kier alpha value is -1.96. The SMILES string of the molecule is CC(C)(C)c1cc(O)ccc1-c1ccc(O)cc1C(C)(C)C. The molecule has 2 N–H and O–H groups in total. The third kappa shape index (κ3) is 3.27. The fraction of sp³-hybridized carbons (Fsp3) is 0.400. The molecule has 0 saturated carbocycles. The van der Waals surface area contributed by atoms with E-state index in [2.05, 4.69) is 41.5 Å². The van der Waals surface area contributed by atoms with E-state index >= 15 is 0 Å². The van der Waals surface area contributed by atoms with Crippen LogP contribution in [0.15, 0.2) is 36.4 Å². The lowest BCUT2D eigenvalue weighted by Gasteiger charge is -2.28. The molecule has 2 heteroatoms. The maximum Gasteiger partial charge on any atom is 0.115 e. The Morgan fingerprint density at radius 3 is 1.18 bits per heavy atom. The van der Waals surface area contributed by atoms with Crippen LogP contribution in [0.4, 0.5) is 0 Å². The third-order valence-electron chi connectivity index (χ3n) is 3.91. The molecule has 0 aliphatic carbocycles. The maximum atomic E-state index is 9.88. The molecule has 0 amide bonds. The van der Waals surface area contributed by atoms with Gasteiger partial charge in [0.25, 0.3) is 0 Å². The summed E-state index contributed by atoms with van der Waals surface area (Å²) in [6.07, 6.45) is 0. The topological polar surface area (TPSA) is 40.5 Å². The van der Waals surface area contributed by atoms with Gasteiger partial charge in [-0.05, 0) is 57.3 Å². The first kappa shape index (κ1) is 16.4. The molecule has 2 rings (SSSR count). The molecule has 0 aliphatic rings. The number of phenols is 2. The predicted octanol–water partition coefficient (Wildman–Crippen LogP) is 5.36. The van der Waals surface area contributed by atoms with Gasteiger partial charge in [0.05, 0.1) is 0 Å². The largest absolute Gasteiger partial charge is 0.508 e. The van der Waals surface area contributed by atoms with Crippen LogP contribution >= 0.6 is 0 Å². The van der Waals surface area contributed by atoms with Gasteiger partial charge in [-0.3, -0.25) is 0 Å². The van der Waals surface area contributed by atoms with E-state index in [0.29, 0.717) is 0 Å². The molecule has 0 fully saturated rings. The smallest absolute Gasteiger partial charge is 0.115 e. The van der Waals surface area contributed by atoms with Crippen LogP contribution in [0.3, 0.4) is 0 Å². The van der Waals surface area contributed by atoms with E-state index in [-0.39, 0.29) is 22.3 Å². The van der Waals surface area contributed by atoms with Crippen molar-refractivity contribution in [3.05, 3.63) is 47.5 Å². The zero-order valence-electron chi connectivity index (χ0n) is 14.4. The highest BCUT2D eigenvalue weighted by molar-refractivity contribution is 5.74. The fourth-order valence-corrected chi connectivity index (χ4v) is 2.78. The highest BCUT2D eigenvalue weighted by atomic mass is 16.3. The van der Waals surface area contributed by atoms with Crippen LogP contribution in [0.1, 0.15) is 52.7 Å². The van der Waals surface area contributed by atoms with Gasteiger partial charge < -0.3 is 10.2 Å². The van der Waals surface area contributed by atoms with Gasteiger partial charge in [0.15, 0.2) is 0 Å². The molecular formula is C20H26O2. The van der Waals surface area contributed by atoms with E-state index in [9.17, 15) is 10.2 Å². The Kier molecular flexibility index (Phi) is 3.99. The minimum Gasteiger partial charge on any atom is -0.508 e. The lowest BCUT2D eigenvalue weighted by atomic mass is 9.77. The molecule has 0 aliphatic heterocycles. The molecule has 2 nitrogen and oxygen atoms in total. The lowest BCUT2D eigenvalue weighted by molar-refractivity contribution is 0.470. The summed E-state index contributed by atoms with van der Waals surface area (Å²) in [6.45, 7) is 12.8. The quantitative estimate of drug-likeness (QED) is 0.744. The lowest BCUT2D eigenvalue weighted by Crippen LogP contribution is -2.16. The van der Waals surface area contributed by atoms with Crippen molar-refractivity contribution < 1.29 is 10.2 Å². The van der Waals surface area contributed by atoms with E-state index in [4.69, 9.17) is 0 Å². The first-order valence-electron chi connectivity index (χ1n) is 7.67. The van der Waals surface area contributed by atoms with E-state index in [1.165, 1.54) is 0 Å². The number of aromatic hydroxyl groups is 2. The van der Waals surface area contributed by atoms with E-state index < -0.39 is 0 Å². The molecule has 0 atom stereocenters. The van der Waals surface area contributed by atoms with Gasteiger partial charge in [-0.15, -0.1) is 0 Å². The third-order valence-corrected chi connectivity index (χ3v) is 3.91. The molecule has 118 valence electrons. The normalized spacial score (nSPS) is 12.5. The van der Waals surface area contributed by atoms with Crippen molar-refractivity contribution in [2.45, 2.75) is 52.4 Å². The molecule has 0 radical (unpaired) electrons. The second-order valence-corrected chi connectivity index (χ2v) is 7.96. The Balaban J connectivity index is 2.78. The van der Waals surface area contributed by atoms with Crippen LogP contribution in [0, 0.1) is 0 Å². The zero-order valence-corrected chi connectivity index (χ0v) is 14.4. The Morgan fingerprint density at radius 1 is 0.591 bits per heavy atom. The minimum absolute atomic E-state index is 0.0822. The van der Waals surface area contributed by atoms with Gasteiger partial charge in [0.1, 0.15) is 11.5 Å². The first-order chi connectivity index (χ1) is 10.00. The second-order valence-electron chi connectivity index (χ2n) is 7.96. The molecule has 2 aromatic carbocycles. The van der Waals surface area contributed by atoms with Crippen molar-refractivity contribution in [1.82, 2.24) is 0 Å². The Morgan fingerprint density at radius 2 is 0.909 bits per heavy atom. The summed E-state index contributed by atoms with van der Waals surface area (Å²) in [5, 5.41) is 19.8. The molecular weight excluding hydrogens is 272 g/mol. The molecule has 0 spiro atoms. The summed E-state index contributed by atoms with van der Waals surface area (Å²) in [6, 6.07) is 11.1. The molecule has 0 aromatic heterocycles. The van der Waals surface area contributed by atoms with Gasteiger partial charge in [-0.1, -0.05) is 53.7 Å². The maximum absolute atomic E-state index is 9.88. The summed E-state index contributed by atoms with van der Waals surface area (Å²) in [5.41, 5.74) is 4.25. The van der Waals surface area contributed by atoms with Gasteiger partial charge in [-0.25, -0.2) is 0 Å². The Bertz CT molecular complexity index is 624. The summed E-state index contributed by atoms with van der Waals surface area (Å²) in [4.78, 5) is 0. The monoisotopic (exact) mass is 298 g/mol. The van der Waals surface area contributed by atoms with E-state index in [1.54, 1.807) is 12.1 Å². The van der Waals surface area contributed by atoms with E-state index in [1.807, 2.05) is 24.3 Å². The number of hydrogen-bond donors (Lipinski definition) is 2. The highest BCUT2D eigenvalue weighted by Crippen LogP contribution is 2.41. The summed E-state index contributed by atoms with van der Waals surface area (Å²) in [5.74, 6) is 0.564. The summed E-state index contributed by atoms with van der Waals surface area (Å²) in [7, 11) is 0. The van der Waals surface area contributed by atoms with Gasteiger partial charge in [0.2, 0.25) is 0 Å².